The molecule has 0 bridgehead atoms. The van der Waals surface area contributed by atoms with Crippen molar-refractivity contribution in [2.24, 2.45) is 0 Å². The van der Waals surface area contributed by atoms with E-state index in [1.54, 1.807) is 0 Å². The van der Waals surface area contributed by atoms with Gasteiger partial charge >= 0.3 is 0 Å². The first-order valence-corrected chi connectivity index (χ1v) is 9.61. The summed E-state index contributed by atoms with van der Waals surface area (Å²) in [7, 11) is 0. The van der Waals surface area contributed by atoms with Crippen molar-refractivity contribution in [1.82, 2.24) is 10.3 Å². The van der Waals surface area contributed by atoms with Crippen molar-refractivity contribution < 1.29 is 4.79 Å². The van der Waals surface area contributed by atoms with Crippen molar-refractivity contribution in [3.8, 4) is 0 Å². The van der Waals surface area contributed by atoms with Crippen LogP contribution >= 0.6 is 0 Å². The van der Waals surface area contributed by atoms with Gasteiger partial charge in [-0.15, -0.1) is 0 Å². The topological polar surface area (TPSA) is 62.0 Å². The Hall–Kier alpha value is -2.36. The molecule has 136 valence electrons. The highest BCUT2D eigenvalue weighted by Crippen LogP contribution is 2.39. The highest BCUT2D eigenvalue weighted by atomic mass is 16.2. The number of carbonyl (C=O) groups excluding carboxylic acids is 1. The number of rotatable bonds is 5. The molecule has 0 spiro atoms. The molecule has 0 radical (unpaired) electrons. The van der Waals surface area contributed by atoms with Gasteiger partial charge in [-0.3, -0.25) is 9.59 Å². The summed E-state index contributed by atoms with van der Waals surface area (Å²) in [6.07, 6.45) is 4.52. The molecule has 4 nitrogen and oxygen atoms in total. The minimum absolute atomic E-state index is 0.0503. The minimum Gasteiger partial charge on any atom is -0.353 e. The quantitative estimate of drug-likeness (QED) is 0.864. The lowest BCUT2D eigenvalue weighted by molar-refractivity contribution is -0.119. The number of pyridine rings is 1. The number of hydrogen-bond acceptors (Lipinski definition) is 2. The highest BCUT2D eigenvalue weighted by molar-refractivity contribution is 5.78. The summed E-state index contributed by atoms with van der Waals surface area (Å²) >= 11 is 0. The molecular formula is C22H26N2O2. The largest absolute Gasteiger partial charge is 0.353 e. The van der Waals surface area contributed by atoms with Crippen molar-refractivity contribution in [1.29, 1.82) is 0 Å². The van der Waals surface area contributed by atoms with Crippen molar-refractivity contribution in [3.05, 3.63) is 68.6 Å². The summed E-state index contributed by atoms with van der Waals surface area (Å²) < 4.78 is 0. The van der Waals surface area contributed by atoms with Crippen LogP contribution in [0.25, 0.3) is 0 Å². The van der Waals surface area contributed by atoms with Gasteiger partial charge in [0.1, 0.15) is 0 Å². The predicted octanol–water partition coefficient (Wildman–Crippen LogP) is 3.67. The van der Waals surface area contributed by atoms with Crippen LogP contribution in [0.15, 0.2) is 35.1 Å². The number of carbonyl (C=O) groups is 1. The van der Waals surface area contributed by atoms with Crippen LogP contribution in [0.2, 0.25) is 0 Å². The fraction of sp³-hybridized carbons (Fsp3) is 0.455. The Morgan fingerprint density at radius 2 is 1.85 bits per heavy atom. The molecule has 1 saturated carbocycles. The van der Waals surface area contributed by atoms with E-state index in [1.165, 1.54) is 16.7 Å². The molecule has 2 heterocycles. The molecule has 1 saturated heterocycles. The summed E-state index contributed by atoms with van der Waals surface area (Å²) in [6, 6.07) is 10.8. The van der Waals surface area contributed by atoms with Crippen LogP contribution in [0.1, 0.15) is 71.9 Å². The van der Waals surface area contributed by atoms with Gasteiger partial charge in [-0.05, 0) is 68.2 Å². The number of nitrogens with one attached hydrogen (secondary N) is 2. The SMILES string of the molecule is Cc1ccc(C(C[C@H]2CCC(=O)N2)c2ccc(C3CC3)c(=O)[nH]2)cc1C. The first kappa shape index (κ1) is 17.1. The van der Waals surface area contributed by atoms with E-state index in [9.17, 15) is 9.59 Å². The molecule has 1 unspecified atom stereocenters. The molecule has 4 rings (SSSR count). The second-order valence-corrected chi connectivity index (χ2v) is 7.91. The summed E-state index contributed by atoms with van der Waals surface area (Å²) in [5.41, 5.74) is 5.63. The maximum atomic E-state index is 12.5. The third-order valence-electron chi connectivity index (χ3n) is 5.89. The normalized spacial score (nSPS) is 20.8. The molecule has 1 aromatic carbocycles. The third-order valence-corrected chi connectivity index (χ3v) is 5.89. The van der Waals surface area contributed by atoms with Gasteiger partial charge in [-0.2, -0.15) is 0 Å². The molecule has 2 atom stereocenters. The van der Waals surface area contributed by atoms with Crippen LogP contribution in [-0.4, -0.2) is 16.9 Å². The smallest absolute Gasteiger partial charge is 0.251 e. The van der Waals surface area contributed by atoms with Crippen LogP contribution in [0.5, 0.6) is 0 Å². The average molecular weight is 350 g/mol. The van der Waals surface area contributed by atoms with E-state index in [2.05, 4.69) is 48.4 Å². The molecule has 1 amide bonds. The summed E-state index contributed by atoms with van der Waals surface area (Å²) in [6.45, 7) is 4.23. The molecule has 2 N–H and O–H groups in total. The van der Waals surface area contributed by atoms with Crippen LogP contribution in [0.4, 0.5) is 0 Å². The zero-order chi connectivity index (χ0) is 18.3. The fourth-order valence-electron chi connectivity index (χ4n) is 3.98. The molecular weight excluding hydrogens is 324 g/mol. The van der Waals surface area contributed by atoms with Gasteiger partial charge < -0.3 is 10.3 Å². The first-order valence-electron chi connectivity index (χ1n) is 9.61. The van der Waals surface area contributed by atoms with Gasteiger partial charge in [0.05, 0.1) is 0 Å². The van der Waals surface area contributed by atoms with Crippen LogP contribution in [0.3, 0.4) is 0 Å². The number of H-pyrrole nitrogens is 1. The molecule has 1 aliphatic heterocycles. The predicted molar refractivity (Wildman–Crippen MR) is 103 cm³/mol. The van der Waals surface area contributed by atoms with E-state index in [4.69, 9.17) is 0 Å². The van der Waals surface area contributed by atoms with E-state index < -0.39 is 0 Å². The lowest BCUT2D eigenvalue weighted by Gasteiger charge is -2.22. The monoisotopic (exact) mass is 350 g/mol. The second-order valence-electron chi connectivity index (χ2n) is 7.91. The second kappa shape index (κ2) is 6.75. The van der Waals surface area contributed by atoms with E-state index in [-0.39, 0.29) is 23.4 Å². The number of hydrogen-bond donors (Lipinski definition) is 2. The molecule has 1 aliphatic carbocycles. The summed E-state index contributed by atoms with van der Waals surface area (Å²) in [5.74, 6) is 0.659. The van der Waals surface area contributed by atoms with Crippen molar-refractivity contribution >= 4 is 5.91 Å². The Balaban J connectivity index is 1.69. The van der Waals surface area contributed by atoms with Crippen LogP contribution in [-0.2, 0) is 4.79 Å². The Bertz CT molecular complexity index is 895. The molecule has 2 aliphatic rings. The highest BCUT2D eigenvalue weighted by Gasteiger charge is 2.29. The number of benzene rings is 1. The van der Waals surface area contributed by atoms with Crippen LogP contribution in [0, 0.1) is 13.8 Å². The van der Waals surface area contributed by atoms with Gasteiger partial charge in [0.15, 0.2) is 0 Å². The van der Waals surface area contributed by atoms with E-state index in [0.29, 0.717) is 12.3 Å². The van der Waals surface area contributed by atoms with E-state index in [0.717, 1.165) is 36.9 Å². The number of aryl methyl sites for hydroxylation is 2. The fourth-order valence-corrected chi connectivity index (χ4v) is 3.98. The summed E-state index contributed by atoms with van der Waals surface area (Å²) in [4.78, 5) is 27.3. The lowest BCUT2D eigenvalue weighted by Crippen LogP contribution is -2.28. The standard InChI is InChI=1S/C22H26N2O2/c1-13-3-4-16(11-14(13)2)19(12-17-7-10-21(25)23-17)20-9-8-18(15-5-6-15)22(26)24-20/h3-4,8-9,11,15,17,19H,5-7,10,12H2,1-2H3,(H,23,25)(H,24,26)/t17-,19?/m1/s1. The zero-order valence-corrected chi connectivity index (χ0v) is 15.5. The summed E-state index contributed by atoms with van der Waals surface area (Å²) in [5, 5.41) is 3.07. The first-order chi connectivity index (χ1) is 12.5. The van der Waals surface area contributed by atoms with Crippen molar-refractivity contribution in [2.45, 2.75) is 63.8 Å². The van der Waals surface area contributed by atoms with Crippen molar-refractivity contribution in [3.63, 3.8) is 0 Å². The van der Waals surface area contributed by atoms with Gasteiger partial charge in [0.2, 0.25) is 5.91 Å². The zero-order valence-electron chi connectivity index (χ0n) is 15.5. The molecule has 26 heavy (non-hydrogen) atoms. The van der Waals surface area contributed by atoms with E-state index >= 15 is 0 Å². The molecule has 2 fully saturated rings. The Morgan fingerprint density at radius 3 is 2.46 bits per heavy atom. The Morgan fingerprint density at radius 1 is 1.04 bits per heavy atom. The van der Waals surface area contributed by atoms with Gasteiger partial charge in [0, 0.05) is 29.6 Å². The molecule has 1 aromatic heterocycles. The minimum atomic E-state index is 0.0503. The maximum Gasteiger partial charge on any atom is 0.251 e. The number of amides is 1. The van der Waals surface area contributed by atoms with Crippen LogP contribution < -0.4 is 10.9 Å². The van der Waals surface area contributed by atoms with Gasteiger partial charge in [-0.1, -0.05) is 24.3 Å². The van der Waals surface area contributed by atoms with Gasteiger partial charge in [0.25, 0.3) is 5.56 Å². The average Bonchev–Trinajstić information content (AvgIpc) is 3.37. The maximum absolute atomic E-state index is 12.5. The van der Waals surface area contributed by atoms with Gasteiger partial charge in [-0.25, -0.2) is 0 Å². The van der Waals surface area contributed by atoms with Crippen molar-refractivity contribution in [2.75, 3.05) is 0 Å². The number of aromatic amines is 1. The lowest BCUT2D eigenvalue weighted by atomic mass is 9.86. The Kier molecular flexibility index (Phi) is 4.43. The molecule has 4 heteroatoms. The Labute approximate surface area is 154 Å². The third kappa shape index (κ3) is 3.46. The number of aromatic nitrogens is 1. The van der Waals surface area contributed by atoms with E-state index in [1.807, 2.05) is 6.07 Å². The molecule has 2 aromatic rings.